The SMILES string of the molecule is O=C(N[C@@H]1c2ccccc2C[C@@H]1O)c1ccc(-c2ccn[nH]2)cc1. The van der Waals surface area contributed by atoms with Crippen LogP contribution < -0.4 is 5.32 Å². The number of aliphatic hydroxyl groups excluding tert-OH is 1. The van der Waals surface area contributed by atoms with Crippen LogP contribution in [0, 0.1) is 0 Å². The second-order valence-corrected chi connectivity index (χ2v) is 5.97. The smallest absolute Gasteiger partial charge is 0.251 e. The van der Waals surface area contributed by atoms with Gasteiger partial charge in [-0.3, -0.25) is 9.89 Å². The molecule has 5 heteroatoms. The third kappa shape index (κ3) is 2.59. The Balaban J connectivity index is 1.52. The fraction of sp³-hybridized carbons (Fsp3) is 0.158. The second-order valence-electron chi connectivity index (χ2n) is 5.97. The number of aromatic nitrogens is 2. The number of hydrogen-bond donors (Lipinski definition) is 3. The molecule has 3 N–H and O–H groups in total. The van der Waals surface area contributed by atoms with Gasteiger partial charge in [0.2, 0.25) is 0 Å². The monoisotopic (exact) mass is 319 g/mol. The summed E-state index contributed by atoms with van der Waals surface area (Å²) in [5.74, 6) is -0.188. The summed E-state index contributed by atoms with van der Waals surface area (Å²) in [5, 5.41) is 20.0. The van der Waals surface area contributed by atoms with Gasteiger partial charge < -0.3 is 10.4 Å². The lowest BCUT2D eigenvalue weighted by molar-refractivity contribution is 0.0858. The minimum atomic E-state index is -0.587. The third-order valence-corrected chi connectivity index (χ3v) is 4.45. The molecule has 0 spiro atoms. The molecule has 0 bridgehead atoms. The number of aliphatic hydroxyl groups is 1. The molecule has 0 saturated heterocycles. The summed E-state index contributed by atoms with van der Waals surface area (Å²) in [4.78, 5) is 12.5. The summed E-state index contributed by atoms with van der Waals surface area (Å²) < 4.78 is 0. The first-order valence-electron chi connectivity index (χ1n) is 7.89. The molecule has 1 aliphatic rings. The molecule has 0 unspecified atom stereocenters. The van der Waals surface area contributed by atoms with Gasteiger partial charge in [-0.1, -0.05) is 36.4 Å². The van der Waals surface area contributed by atoms with Crippen molar-refractivity contribution in [1.29, 1.82) is 0 Å². The molecule has 0 aliphatic heterocycles. The number of carbonyl (C=O) groups is 1. The molecule has 120 valence electrons. The molecule has 5 nitrogen and oxygen atoms in total. The molecule has 0 radical (unpaired) electrons. The number of carbonyl (C=O) groups excluding carboxylic acids is 1. The molecule has 24 heavy (non-hydrogen) atoms. The van der Waals surface area contributed by atoms with Crippen molar-refractivity contribution >= 4 is 5.91 Å². The van der Waals surface area contributed by atoms with Gasteiger partial charge >= 0.3 is 0 Å². The van der Waals surface area contributed by atoms with Crippen LogP contribution in [0.3, 0.4) is 0 Å². The first-order chi connectivity index (χ1) is 11.7. The van der Waals surface area contributed by atoms with Crippen LogP contribution in [0.5, 0.6) is 0 Å². The summed E-state index contributed by atoms with van der Waals surface area (Å²) in [5.41, 5.74) is 4.52. The molecular formula is C19H17N3O2. The number of hydrogen-bond acceptors (Lipinski definition) is 3. The molecule has 4 rings (SSSR count). The number of benzene rings is 2. The van der Waals surface area contributed by atoms with Gasteiger partial charge in [0.05, 0.1) is 17.8 Å². The number of rotatable bonds is 3. The molecule has 1 aromatic heterocycles. The Bertz CT molecular complexity index is 857. The van der Waals surface area contributed by atoms with Crippen molar-refractivity contribution in [3.05, 3.63) is 77.5 Å². The van der Waals surface area contributed by atoms with E-state index in [2.05, 4.69) is 15.5 Å². The predicted octanol–water partition coefficient (Wildman–Crippen LogP) is 2.46. The largest absolute Gasteiger partial charge is 0.390 e. The maximum absolute atomic E-state index is 12.5. The van der Waals surface area contributed by atoms with Crippen LogP contribution in [-0.2, 0) is 6.42 Å². The fourth-order valence-electron chi connectivity index (χ4n) is 3.19. The quantitative estimate of drug-likeness (QED) is 0.694. The van der Waals surface area contributed by atoms with Crippen LogP contribution in [0.2, 0.25) is 0 Å². The van der Waals surface area contributed by atoms with Crippen LogP contribution >= 0.6 is 0 Å². The minimum absolute atomic E-state index is 0.188. The molecule has 2 atom stereocenters. The Kier molecular flexibility index (Phi) is 3.63. The van der Waals surface area contributed by atoms with E-state index in [0.29, 0.717) is 12.0 Å². The van der Waals surface area contributed by atoms with Crippen molar-refractivity contribution in [2.75, 3.05) is 0 Å². The van der Waals surface area contributed by atoms with E-state index >= 15 is 0 Å². The van der Waals surface area contributed by atoms with Crippen LogP contribution in [0.4, 0.5) is 0 Å². The van der Waals surface area contributed by atoms with Crippen molar-refractivity contribution in [2.45, 2.75) is 18.6 Å². The van der Waals surface area contributed by atoms with Crippen LogP contribution in [0.15, 0.2) is 60.8 Å². The third-order valence-electron chi connectivity index (χ3n) is 4.45. The topological polar surface area (TPSA) is 78.0 Å². The molecule has 3 aromatic rings. The van der Waals surface area contributed by atoms with Crippen molar-refractivity contribution < 1.29 is 9.90 Å². The predicted molar refractivity (Wildman–Crippen MR) is 90.4 cm³/mol. The van der Waals surface area contributed by atoms with Gasteiger partial charge in [0, 0.05) is 18.2 Å². The van der Waals surface area contributed by atoms with Crippen molar-refractivity contribution in [3.63, 3.8) is 0 Å². The minimum Gasteiger partial charge on any atom is -0.390 e. The zero-order valence-corrected chi connectivity index (χ0v) is 12.9. The average molecular weight is 319 g/mol. The van der Waals surface area contributed by atoms with Gasteiger partial charge in [0.15, 0.2) is 0 Å². The van der Waals surface area contributed by atoms with Crippen LogP contribution in [-0.4, -0.2) is 27.3 Å². The van der Waals surface area contributed by atoms with Crippen molar-refractivity contribution in [2.24, 2.45) is 0 Å². The van der Waals surface area contributed by atoms with Gasteiger partial charge in [-0.2, -0.15) is 5.10 Å². The van der Waals surface area contributed by atoms with E-state index in [1.165, 1.54) is 0 Å². The number of nitrogens with one attached hydrogen (secondary N) is 2. The molecule has 1 heterocycles. The van der Waals surface area contributed by atoms with E-state index in [1.807, 2.05) is 42.5 Å². The van der Waals surface area contributed by atoms with Gasteiger partial charge in [-0.25, -0.2) is 0 Å². The lowest BCUT2D eigenvalue weighted by atomic mass is 10.1. The van der Waals surface area contributed by atoms with E-state index in [9.17, 15) is 9.90 Å². The maximum Gasteiger partial charge on any atom is 0.251 e. The molecule has 0 fully saturated rings. The zero-order valence-electron chi connectivity index (χ0n) is 12.9. The van der Waals surface area contributed by atoms with Crippen LogP contribution in [0.1, 0.15) is 27.5 Å². The van der Waals surface area contributed by atoms with Crippen LogP contribution in [0.25, 0.3) is 11.3 Å². The first kappa shape index (κ1) is 14.7. The van der Waals surface area contributed by atoms with Gasteiger partial charge in [0.1, 0.15) is 0 Å². The van der Waals surface area contributed by atoms with Crippen molar-refractivity contribution in [1.82, 2.24) is 15.5 Å². The summed E-state index contributed by atoms with van der Waals surface area (Å²) in [7, 11) is 0. The number of H-pyrrole nitrogens is 1. The summed E-state index contributed by atoms with van der Waals surface area (Å²) in [6.07, 6.45) is 1.67. The highest BCUT2D eigenvalue weighted by Crippen LogP contribution is 2.31. The first-order valence-corrected chi connectivity index (χ1v) is 7.89. The maximum atomic E-state index is 12.5. The highest BCUT2D eigenvalue weighted by atomic mass is 16.3. The van der Waals surface area contributed by atoms with E-state index in [-0.39, 0.29) is 11.9 Å². The number of nitrogens with zero attached hydrogens (tertiary/aromatic N) is 1. The summed E-state index contributed by atoms with van der Waals surface area (Å²) >= 11 is 0. The van der Waals surface area contributed by atoms with E-state index in [4.69, 9.17) is 0 Å². The van der Waals surface area contributed by atoms with E-state index < -0.39 is 6.10 Å². The van der Waals surface area contributed by atoms with E-state index in [0.717, 1.165) is 22.4 Å². The Labute approximate surface area is 139 Å². The summed E-state index contributed by atoms with van der Waals surface area (Å²) in [6.45, 7) is 0. The Morgan fingerprint density at radius 3 is 2.67 bits per heavy atom. The summed E-state index contributed by atoms with van der Waals surface area (Å²) in [6, 6.07) is 16.6. The average Bonchev–Trinajstić information content (AvgIpc) is 3.24. The number of aromatic amines is 1. The van der Waals surface area contributed by atoms with Gasteiger partial charge in [-0.15, -0.1) is 0 Å². The zero-order chi connectivity index (χ0) is 16.5. The Morgan fingerprint density at radius 2 is 1.92 bits per heavy atom. The molecule has 1 amide bonds. The van der Waals surface area contributed by atoms with Gasteiger partial charge in [0.25, 0.3) is 5.91 Å². The molecule has 2 aromatic carbocycles. The number of fused-ring (bicyclic) bond motifs is 1. The molecule has 1 aliphatic carbocycles. The molecular weight excluding hydrogens is 302 g/mol. The van der Waals surface area contributed by atoms with E-state index in [1.54, 1.807) is 18.3 Å². The second kappa shape index (κ2) is 5.94. The fourth-order valence-corrected chi connectivity index (χ4v) is 3.19. The van der Waals surface area contributed by atoms with Gasteiger partial charge in [-0.05, 0) is 34.9 Å². The highest BCUT2D eigenvalue weighted by Gasteiger charge is 2.31. The lowest BCUT2D eigenvalue weighted by Gasteiger charge is -2.18. The van der Waals surface area contributed by atoms with Crippen molar-refractivity contribution in [3.8, 4) is 11.3 Å². The number of amides is 1. The Hall–Kier alpha value is -2.92. The standard InChI is InChI=1S/C19H17N3O2/c23-17-11-14-3-1-2-4-15(14)18(17)21-19(24)13-7-5-12(6-8-13)16-9-10-20-22-16/h1-10,17-18,23H,11H2,(H,20,22)(H,21,24)/t17-,18+/m0/s1. The Morgan fingerprint density at radius 1 is 1.12 bits per heavy atom. The highest BCUT2D eigenvalue weighted by molar-refractivity contribution is 5.95. The lowest BCUT2D eigenvalue weighted by Crippen LogP contribution is -2.33. The normalized spacial score (nSPS) is 19.0. The molecule has 0 saturated carbocycles.